The predicted octanol–water partition coefficient (Wildman–Crippen LogP) is 2.42. The Bertz CT molecular complexity index is 706. The van der Waals surface area contributed by atoms with Crippen molar-refractivity contribution in [2.45, 2.75) is 33.4 Å². The molecule has 0 bridgehead atoms. The zero-order valence-corrected chi connectivity index (χ0v) is 13.3. The highest BCUT2D eigenvalue weighted by Gasteiger charge is 2.24. The third-order valence-electron chi connectivity index (χ3n) is 4.13. The fraction of sp³-hybridized carbons (Fsp3) is 0.412. The molecule has 0 saturated heterocycles. The Kier molecular flexibility index (Phi) is 3.88. The first-order valence-electron chi connectivity index (χ1n) is 7.62. The standard InChI is InChI=1S/C17H21N3O2/c1-4-20-16(9-12(2)18-20)17(21)19-8-7-13-10-15(22-3)6-5-14(13)11-19/h5-6,9-10H,4,7-8,11H2,1-3H3. The van der Waals surface area contributed by atoms with E-state index < -0.39 is 0 Å². The number of rotatable bonds is 3. The van der Waals surface area contributed by atoms with Crippen molar-refractivity contribution in [2.24, 2.45) is 0 Å². The Labute approximate surface area is 130 Å². The highest BCUT2D eigenvalue weighted by Crippen LogP contribution is 2.24. The number of carbonyl (C=O) groups excluding carboxylic acids is 1. The largest absolute Gasteiger partial charge is 0.497 e. The Morgan fingerprint density at radius 3 is 2.86 bits per heavy atom. The van der Waals surface area contributed by atoms with E-state index in [-0.39, 0.29) is 5.91 Å². The van der Waals surface area contributed by atoms with Crippen molar-refractivity contribution in [1.82, 2.24) is 14.7 Å². The average Bonchev–Trinajstić information content (AvgIpc) is 2.94. The molecule has 22 heavy (non-hydrogen) atoms. The average molecular weight is 299 g/mol. The van der Waals surface area contributed by atoms with E-state index >= 15 is 0 Å². The summed E-state index contributed by atoms with van der Waals surface area (Å²) >= 11 is 0. The van der Waals surface area contributed by atoms with Crippen LogP contribution in [-0.2, 0) is 19.5 Å². The molecule has 0 atom stereocenters. The molecule has 2 aromatic rings. The fourth-order valence-corrected chi connectivity index (χ4v) is 2.95. The van der Waals surface area contributed by atoms with Crippen LogP contribution in [0.2, 0.25) is 0 Å². The van der Waals surface area contributed by atoms with Crippen LogP contribution in [-0.4, -0.2) is 34.2 Å². The number of aryl methyl sites for hydroxylation is 2. The molecular formula is C17H21N3O2. The SMILES string of the molecule is CCn1nc(C)cc1C(=O)N1CCc2cc(OC)ccc2C1. The molecule has 1 aliphatic rings. The number of benzene rings is 1. The number of hydrogen-bond acceptors (Lipinski definition) is 3. The molecule has 0 fully saturated rings. The number of amides is 1. The van der Waals surface area contributed by atoms with E-state index in [1.807, 2.05) is 30.9 Å². The van der Waals surface area contributed by atoms with Gasteiger partial charge >= 0.3 is 0 Å². The van der Waals surface area contributed by atoms with E-state index in [2.05, 4.69) is 17.2 Å². The Balaban J connectivity index is 1.83. The van der Waals surface area contributed by atoms with Gasteiger partial charge in [-0.05, 0) is 49.6 Å². The van der Waals surface area contributed by atoms with Gasteiger partial charge in [-0.2, -0.15) is 5.10 Å². The van der Waals surface area contributed by atoms with Crippen LogP contribution in [0.1, 0.15) is 34.2 Å². The highest BCUT2D eigenvalue weighted by atomic mass is 16.5. The van der Waals surface area contributed by atoms with E-state index in [0.29, 0.717) is 18.8 Å². The van der Waals surface area contributed by atoms with Crippen molar-refractivity contribution in [3.05, 3.63) is 46.8 Å². The lowest BCUT2D eigenvalue weighted by atomic mass is 9.99. The van der Waals surface area contributed by atoms with Crippen molar-refractivity contribution in [3.8, 4) is 5.75 Å². The van der Waals surface area contributed by atoms with Crippen LogP contribution in [0.5, 0.6) is 5.75 Å². The smallest absolute Gasteiger partial charge is 0.272 e. The first kappa shape index (κ1) is 14.6. The molecule has 1 aliphatic heterocycles. The molecule has 0 saturated carbocycles. The number of methoxy groups -OCH3 is 1. The van der Waals surface area contributed by atoms with Crippen molar-refractivity contribution in [3.63, 3.8) is 0 Å². The Morgan fingerprint density at radius 1 is 1.32 bits per heavy atom. The highest BCUT2D eigenvalue weighted by molar-refractivity contribution is 5.92. The molecule has 0 spiro atoms. The molecule has 0 unspecified atom stereocenters. The summed E-state index contributed by atoms with van der Waals surface area (Å²) in [5, 5.41) is 4.36. The summed E-state index contributed by atoms with van der Waals surface area (Å²) in [6.07, 6.45) is 0.859. The summed E-state index contributed by atoms with van der Waals surface area (Å²) in [6, 6.07) is 7.94. The first-order valence-corrected chi connectivity index (χ1v) is 7.62. The molecule has 0 aliphatic carbocycles. The monoisotopic (exact) mass is 299 g/mol. The molecule has 1 aromatic heterocycles. The molecular weight excluding hydrogens is 278 g/mol. The summed E-state index contributed by atoms with van der Waals surface area (Å²) < 4.78 is 7.04. The van der Waals surface area contributed by atoms with E-state index in [1.54, 1.807) is 11.8 Å². The van der Waals surface area contributed by atoms with Crippen molar-refractivity contribution in [1.29, 1.82) is 0 Å². The minimum absolute atomic E-state index is 0.0592. The third kappa shape index (κ3) is 2.58. The molecule has 5 heteroatoms. The molecule has 2 heterocycles. The number of hydrogen-bond donors (Lipinski definition) is 0. The normalized spacial score (nSPS) is 13.9. The van der Waals surface area contributed by atoms with Gasteiger partial charge in [0.2, 0.25) is 0 Å². The lowest BCUT2D eigenvalue weighted by Crippen LogP contribution is -2.37. The topological polar surface area (TPSA) is 47.4 Å². The summed E-state index contributed by atoms with van der Waals surface area (Å²) in [7, 11) is 1.68. The quantitative estimate of drug-likeness (QED) is 0.874. The van der Waals surface area contributed by atoms with E-state index in [0.717, 1.165) is 24.4 Å². The summed E-state index contributed by atoms with van der Waals surface area (Å²) in [4.78, 5) is 14.7. The van der Waals surface area contributed by atoms with E-state index in [1.165, 1.54) is 11.1 Å². The maximum absolute atomic E-state index is 12.8. The van der Waals surface area contributed by atoms with Crippen molar-refractivity contribution in [2.75, 3.05) is 13.7 Å². The zero-order chi connectivity index (χ0) is 15.7. The van der Waals surface area contributed by atoms with Gasteiger partial charge in [-0.3, -0.25) is 9.48 Å². The molecule has 1 amide bonds. The molecule has 116 valence electrons. The van der Waals surface area contributed by atoms with Gasteiger partial charge in [0.1, 0.15) is 11.4 Å². The second-order valence-corrected chi connectivity index (χ2v) is 5.60. The van der Waals surface area contributed by atoms with Crippen LogP contribution in [0.3, 0.4) is 0 Å². The van der Waals surface area contributed by atoms with Gasteiger partial charge in [0, 0.05) is 19.6 Å². The number of aromatic nitrogens is 2. The summed E-state index contributed by atoms with van der Waals surface area (Å²) in [6.45, 7) is 6.00. The first-order chi connectivity index (χ1) is 10.6. The molecule has 5 nitrogen and oxygen atoms in total. The second kappa shape index (κ2) is 5.83. The lowest BCUT2D eigenvalue weighted by Gasteiger charge is -2.29. The predicted molar refractivity (Wildman–Crippen MR) is 84.1 cm³/mol. The molecule has 3 rings (SSSR count). The summed E-state index contributed by atoms with van der Waals surface area (Å²) in [5.41, 5.74) is 4.02. The maximum Gasteiger partial charge on any atom is 0.272 e. The van der Waals surface area contributed by atoms with Gasteiger partial charge in [-0.1, -0.05) is 6.07 Å². The van der Waals surface area contributed by atoms with Crippen molar-refractivity contribution >= 4 is 5.91 Å². The van der Waals surface area contributed by atoms with Crippen LogP contribution in [0.15, 0.2) is 24.3 Å². The van der Waals surface area contributed by atoms with Gasteiger partial charge in [0.15, 0.2) is 0 Å². The Hall–Kier alpha value is -2.30. The number of nitrogens with zero attached hydrogens (tertiary/aromatic N) is 3. The Morgan fingerprint density at radius 2 is 2.14 bits per heavy atom. The third-order valence-corrected chi connectivity index (χ3v) is 4.13. The molecule has 0 N–H and O–H groups in total. The number of ether oxygens (including phenoxy) is 1. The maximum atomic E-state index is 12.8. The van der Waals surface area contributed by atoms with Gasteiger partial charge in [0.25, 0.3) is 5.91 Å². The van der Waals surface area contributed by atoms with Gasteiger partial charge in [-0.15, -0.1) is 0 Å². The lowest BCUT2D eigenvalue weighted by molar-refractivity contribution is 0.0722. The summed E-state index contributed by atoms with van der Waals surface area (Å²) in [5.74, 6) is 0.933. The zero-order valence-electron chi connectivity index (χ0n) is 13.3. The van der Waals surface area contributed by atoms with Crippen LogP contribution >= 0.6 is 0 Å². The van der Waals surface area contributed by atoms with Crippen molar-refractivity contribution < 1.29 is 9.53 Å². The van der Waals surface area contributed by atoms with Crippen LogP contribution in [0.25, 0.3) is 0 Å². The number of fused-ring (bicyclic) bond motifs is 1. The van der Waals surface area contributed by atoms with Crippen LogP contribution < -0.4 is 4.74 Å². The molecule has 1 aromatic carbocycles. The second-order valence-electron chi connectivity index (χ2n) is 5.60. The van der Waals surface area contributed by atoms with E-state index in [9.17, 15) is 4.79 Å². The van der Waals surface area contributed by atoms with Gasteiger partial charge in [-0.25, -0.2) is 0 Å². The van der Waals surface area contributed by atoms with Gasteiger partial charge in [0.05, 0.1) is 12.8 Å². The minimum Gasteiger partial charge on any atom is -0.497 e. The van der Waals surface area contributed by atoms with Gasteiger partial charge < -0.3 is 9.64 Å². The molecule has 0 radical (unpaired) electrons. The van der Waals surface area contributed by atoms with Crippen LogP contribution in [0.4, 0.5) is 0 Å². The van der Waals surface area contributed by atoms with Crippen LogP contribution in [0, 0.1) is 6.92 Å². The fourth-order valence-electron chi connectivity index (χ4n) is 2.95. The minimum atomic E-state index is 0.0592. The van der Waals surface area contributed by atoms with E-state index in [4.69, 9.17) is 4.74 Å². The number of carbonyl (C=O) groups is 1.